The standard InChI is InChI=1S/C17H17NO4/c1-10(11-5-3-2-4-6-11)18-9-17-8-7-12(22-17)13(16(20)21)14(17)15(18)19/h2-8,10,12-14H,9H2,1H3,(H,20,21)/t10-,12-,13-,14-,17+/m1/s1. The van der Waals surface area contributed by atoms with Crippen LogP contribution in [0.2, 0.25) is 0 Å². The van der Waals surface area contributed by atoms with Gasteiger partial charge in [-0.1, -0.05) is 42.5 Å². The van der Waals surface area contributed by atoms with E-state index in [2.05, 4.69) is 0 Å². The Morgan fingerprint density at radius 1 is 1.41 bits per heavy atom. The van der Waals surface area contributed by atoms with Gasteiger partial charge in [-0.15, -0.1) is 0 Å². The molecule has 1 aromatic carbocycles. The fraction of sp³-hybridized carbons (Fsp3) is 0.412. The Balaban J connectivity index is 1.68. The maximum absolute atomic E-state index is 12.8. The summed E-state index contributed by atoms with van der Waals surface area (Å²) in [6, 6.07) is 9.67. The molecule has 0 radical (unpaired) electrons. The topological polar surface area (TPSA) is 66.8 Å². The second kappa shape index (κ2) is 4.43. The Morgan fingerprint density at radius 3 is 2.82 bits per heavy atom. The molecular formula is C17H17NO4. The van der Waals surface area contributed by atoms with Crippen LogP contribution in [0.4, 0.5) is 0 Å². The normalized spacial score (nSPS) is 36.7. The number of aliphatic carboxylic acids is 1. The fourth-order valence-electron chi connectivity index (χ4n) is 4.05. The van der Waals surface area contributed by atoms with E-state index in [4.69, 9.17) is 4.74 Å². The maximum Gasteiger partial charge on any atom is 0.310 e. The number of carboxylic acid groups (broad SMARTS) is 1. The Hall–Kier alpha value is -2.14. The maximum atomic E-state index is 12.8. The van der Waals surface area contributed by atoms with Crippen LogP contribution >= 0.6 is 0 Å². The molecule has 0 unspecified atom stereocenters. The van der Waals surface area contributed by atoms with Gasteiger partial charge in [0.25, 0.3) is 0 Å². The van der Waals surface area contributed by atoms with Crippen molar-refractivity contribution in [1.82, 2.24) is 4.90 Å². The summed E-state index contributed by atoms with van der Waals surface area (Å²) in [5, 5.41) is 9.45. The molecule has 0 aromatic heterocycles. The second-order valence-corrected chi connectivity index (χ2v) is 6.29. The first-order chi connectivity index (χ1) is 10.5. The number of hydrogen-bond donors (Lipinski definition) is 1. The molecule has 5 nitrogen and oxygen atoms in total. The number of ether oxygens (including phenoxy) is 1. The number of likely N-dealkylation sites (tertiary alicyclic amines) is 1. The first-order valence-electron chi connectivity index (χ1n) is 7.49. The highest BCUT2D eigenvalue weighted by atomic mass is 16.5. The molecule has 0 saturated carbocycles. The van der Waals surface area contributed by atoms with E-state index in [1.54, 1.807) is 11.0 Å². The van der Waals surface area contributed by atoms with Crippen molar-refractivity contribution in [2.24, 2.45) is 11.8 Å². The third-order valence-corrected chi connectivity index (χ3v) is 5.16. The summed E-state index contributed by atoms with van der Waals surface area (Å²) in [6.45, 7) is 2.39. The summed E-state index contributed by atoms with van der Waals surface area (Å²) in [7, 11) is 0. The summed E-state index contributed by atoms with van der Waals surface area (Å²) in [5.41, 5.74) is 0.283. The van der Waals surface area contributed by atoms with Gasteiger partial charge in [0, 0.05) is 0 Å². The van der Waals surface area contributed by atoms with Gasteiger partial charge >= 0.3 is 5.97 Å². The third kappa shape index (κ3) is 1.63. The predicted molar refractivity (Wildman–Crippen MR) is 77.9 cm³/mol. The van der Waals surface area contributed by atoms with Crippen LogP contribution in [0.25, 0.3) is 0 Å². The first-order valence-corrected chi connectivity index (χ1v) is 7.49. The lowest BCUT2D eigenvalue weighted by atomic mass is 9.77. The number of rotatable bonds is 3. The van der Waals surface area contributed by atoms with Crippen LogP contribution in [0.5, 0.6) is 0 Å². The SMILES string of the molecule is C[C@H](c1ccccc1)N1C[C@]23C=C[C@@H](O2)[C@@H](C(=O)O)[C@@H]3C1=O. The van der Waals surface area contributed by atoms with E-state index in [1.165, 1.54) is 0 Å². The average molecular weight is 299 g/mol. The molecule has 1 aromatic rings. The van der Waals surface area contributed by atoms with Gasteiger partial charge in [-0.3, -0.25) is 9.59 Å². The van der Waals surface area contributed by atoms with E-state index >= 15 is 0 Å². The van der Waals surface area contributed by atoms with Gasteiger partial charge in [0.1, 0.15) is 11.5 Å². The summed E-state index contributed by atoms with van der Waals surface area (Å²) >= 11 is 0. The molecule has 3 aliphatic rings. The Morgan fingerprint density at radius 2 is 2.14 bits per heavy atom. The monoisotopic (exact) mass is 299 g/mol. The van der Waals surface area contributed by atoms with Gasteiger partial charge in [-0.25, -0.2) is 0 Å². The summed E-state index contributed by atoms with van der Waals surface area (Å²) in [4.78, 5) is 26.1. The molecule has 3 aliphatic heterocycles. The molecule has 22 heavy (non-hydrogen) atoms. The Bertz CT molecular complexity index is 670. The van der Waals surface area contributed by atoms with Crippen LogP contribution in [0.3, 0.4) is 0 Å². The first kappa shape index (κ1) is 13.5. The number of carbonyl (C=O) groups excluding carboxylic acids is 1. The van der Waals surface area contributed by atoms with Crippen molar-refractivity contribution in [3.8, 4) is 0 Å². The molecule has 1 amide bonds. The Kier molecular flexibility index (Phi) is 2.72. The minimum absolute atomic E-state index is 0.0980. The molecule has 114 valence electrons. The van der Waals surface area contributed by atoms with E-state index in [0.717, 1.165) is 5.56 Å². The number of nitrogens with zero attached hydrogens (tertiary/aromatic N) is 1. The highest BCUT2D eigenvalue weighted by molar-refractivity contribution is 5.91. The molecule has 0 aliphatic carbocycles. The average Bonchev–Trinajstić information content (AvgIpc) is 3.15. The van der Waals surface area contributed by atoms with E-state index in [1.807, 2.05) is 43.3 Å². The van der Waals surface area contributed by atoms with Gasteiger partial charge in [0.05, 0.1) is 24.6 Å². The van der Waals surface area contributed by atoms with Crippen molar-refractivity contribution in [1.29, 1.82) is 0 Å². The van der Waals surface area contributed by atoms with Crippen molar-refractivity contribution in [2.75, 3.05) is 6.54 Å². The van der Waals surface area contributed by atoms with E-state index in [-0.39, 0.29) is 11.9 Å². The van der Waals surface area contributed by atoms with Gasteiger partial charge in [-0.05, 0) is 12.5 Å². The number of carbonyl (C=O) groups is 2. The van der Waals surface area contributed by atoms with Crippen molar-refractivity contribution >= 4 is 11.9 Å². The lowest BCUT2D eigenvalue weighted by Crippen LogP contribution is -2.39. The van der Waals surface area contributed by atoms with Gasteiger partial charge in [0.2, 0.25) is 5.91 Å². The highest BCUT2D eigenvalue weighted by Crippen LogP contribution is 2.53. The lowest BCUT2D eigenvalue weighted by Gasteiger charge is -2.27. The molecule has 2 bridgehead atoms. The quantitative estimate of drug-likeness (QED) is 0.861. The molecule has 5 heteroatoms. The number of amides is 1. The molecule has 1 N–H and O–H groups in total. The predicted octanol–water partition coefficient (Wildman–Crippen LogP) is 1.61. The van der Waals surface area contributed by atoms with Crippen LogP contribution < -0.4 is 0 Å². The Labute approximate surface area is 128 Å². The van der Waals surface area contributed by atoms with Crippen molar-refractivity contribution < 1.29 is 19.4 Å². The largest absolute Gasteiger partial charge is 0.481 e. The molecule has 4 rings (SSSR count). The number of fused-ring (bicyclic) bond motifs is 1. The number of benzene rings is 1. The van der Waals surface area contributed by atoms with E-state index in [9.17, 15) is 14.7 Å². The van der Waals surface area contributed by atoms with Gasteiger partial charge < -0.3 is 14.7 Å². The van der Waals surface area contributed by atoms with E-state index in [0.29, 0.717) is 6.54 Å². The smallest absolute Gasteiger partial charge is 0.310 e. The summed E-state index contributed by atoms with van der Waals surface area (Å²) in [5.74, 6) is -2.45. The van der Waals surface area contributed by atoms with E-state index < -0.39 is 29.5 Å². The van der Waals surface area contributed by atoms with Crippen LogP contribution in [0.1, 0.15) is 18.5 Å². The number of hydrogen-bond acceptors (Lipinski definition) is 3. The van der Waals surface area contributed by atoms with Gasteiger partial charge in [0.15, 0.2) is 0 Å². The van der Waals surface area contributed by atoms with Crippen LogP contribution in [-0.2, 0) is 14.3 Å². The minimum Gasteiger partial charge on any atom is -0.481 e. The zero-order chi connectivity index (χ0) is 15.5. The zero-order valence-electron chi connectivity index (χ0n) is 12.2. The molecule has 3 heterocycles. The van der Waals surface area contributed by atoms with Crippen LogP contribution in [-0.4, -0.2) is 40.1 Å². The summed E-state index contributed by atoms with van der Waals surface area (Å²) < 4.78 is 5.89. The molecule has 1 spiro atoms. The lowest BCUT2D eigenvalue weighted by molar-refractivity contribution is -0.148. The molecule has 5 atom stereocenters. The van der Waals surface area contributed by atoms with Crippen LogP contribution in [0.15, 0.2) is 42.5 Å². The molecule has 2 saturated heterocycles. The minimum atomic E-state index is -0.955. The zero-order valence-corrected chi connectivity index (χ0v) is 12.2. The van der Waals surface area contributed by atoms with Crippen LogP contribution in [0, 0.1) is 11.8 Å². The number of carboxylic acids is 1. The van der Waals surface area contributed by atoms with Gasteiger partial charge in [-0.2, -0.15) is 0 Å². The molecular weight excluding hydrogens is 282 g/mol. The third-order valence-electron chi connectivity index (χ3n) is 5.16. The summed E-state index contributed by atoms with van der Waals surface area (Å²) in [6.07, 6.45) is 3.21. The highest BCUT2D eigenvalue weighted by Gasteiger charge is 2.67. The van der Waals surface area contributed by atoms with Crippen molar-refractivity contribution in [2.45, 2.75) is 24.7 Å². The van der Waals surface area contributed by atoms with Crippen molar-refractivity contribution in [3.63, 3.8) is 0 Å². The van der Waals surface area contributed by atoms with Crippen molar-refractivity contribution in [3.05, 3.63) is 48.0 Å². The fourth-order valence-corrected chi connectivity index (χ4v) is 4.05. The molecule has 2 fully saturated rings. The second-order valence-electron chi connectivity index (χ2n) is 6.29.